The molecule has 0 radical (unpaired) electrons. The van der Waals surface area contributed by atoms with E-state index in [1.54, 1.807) is 0 Å². The van der Waals surface area contributed by atoms with Crippen LogP contribution in [0, 0.1) is 5.92 Å². The Kier molecular flexibility index (Phi) is 5.80. The molecular formula is C27H30N4O. The normalized spacial score (nSPS) is 15.8. The Morgan fingerprint density at radius 2 is 1.72 bits per heavy atom. The number of aromatic nitrogens is 2. The minimum Gasteiger partial charge on any atom is -0.355 e. The predicted molar refractivity (Wildman–Crippen MR) is 130 cm³/mol. The van der Waals surface area contributed by atoms with Gasteiger partial charge in [0.1, 0.15) is 0 Å². The van der Waals surface area contributed by atoms with Crippen LogP contribution in [0.1, 0.15) is 31.7 Å². The van der Waals surface area contributed by atoms with Crippen LogP contribution in [0.15, 0.2) is 72.9 Å². The molecule has 1 aliphatic rings. The van der Waals surface area contributed by atoms with E-state index in [1.807, 2.05) is 18.2 Å². The maximum absolute atomic E-state index is 12.9. The Labute approximate surface area is 189 Å². The van der Waals surface area contributed by atoms with Gasteiger partial charge < -0.3 is 14.6 Å². The molecule has 1 N–H and O–H groups in total. The third-order valence-electron chi connectivity index (χ3n) is 6.61. The van der Waals surface area contributed by atoms with E-state index in [2.05, 4.69) is 76.3 Å². The molecule has 5 heteroatoms. The van der Waals surface area contributed by atoms with E-state index < -0.39 is 0 Å². The number of para-hydroxylation sites is 2. The summed E-state index contributed by atoms with van der Waals surface area (Å²) in [4.78, 5) is 20.2. The van der Waals surface area contributed by atoms with E-state index >= 15 is 0 Å². The molecule has 1 atom stereocenters. The lowest BCUT2D eigenvalue weighted by molar-refractivity contribution is -0.126. The summed E-state index contributed by atoms with van der Waals surface area (Å²) in [6.45, 7) is 3.81. The third-order valence-corrected chi connectivity index (χ3v) is 6.61. The highest BCUT2D eigenvalue weighted by atomic mass is 16.1. The Balaban J connectivity index is 1.20. The quantitative estimate of drug-likeness (QED) is 0.480. The lowest BCUT2D eigenvalue weighted by Gasteiger charge is -2.33. The van der Waals surface area contributed by atoms with Gasteiger partial charge in [-0.2, -0.15) is 0 Å². The summed E-state index contributed by atoms with van der Waals surface area (Å²) in [6, 6.07) is 23.1. The molecule has 32 heavy (non-hydrogen) atoms. The van der Waals surface area contributed by atoms with Crippen LogP contribution in [0.3, 0.4) is 0 Å². The van der Waals surface area contributed by atoms with Gasteiger partial charge in [-0.1, -0.05) is 42.5 Å². The first-order chi connectivity index (χ1) is 15.7. The number of anilines is 1. The maximum atomic E-state index is 12.9. The van der Waals surface area contributed by atoms with Gasteiger partial charge in [0.15, 0.2) is 5.82 Å². The zero-order valence-corrected chi connectivity index (χ0v) is 18.6. The number of nitrogens with zero attached hydrogens (tertiary/aromatic N) is 3. The Morgan fingerprint density at radius 1 is 1.00 bits per heavy atom. The smallest absolute Gasteiger partial charge is 0.223 e. The number of aryl methyl sites for hydroxylation is 1. The molecule has 164 valence electrons. The van der Waals surface area contributed by atoms with Crippen molar-refractivity contribution in [3.63, 3.8) is 0 Å². The van der Waals surface area contributed by atoms with Crippen molar-refractivity contribution in [1.82, 2.24) is 14.7 Å². The van der Waals surface area contributed by atoms with Crippen molar-refractivity contribution in [2.24, 2.45) is 5.92 Å². The highest BCUT2D eigenvalue weighted by Gasteiger charge is 2.27. The zero-order valence-electron chi connectivity index (χ0n) is 18.6. The number of carbonyl (C=O) groups is 1. The van der Waals surface area contributed by atoms with Crippen LogP contribution in [0.5, 0.6) is 0 Å². The average molecular weight is 427 g/mol. The molecule has 2 aromatic carbocycles. The second-order valence-electron chi connectivity index (χ2n) is 8.88. The molecule has 0 saturated carbocycles. The summed E-state index contributed by atoms with van der Waals surface area (Å²) in [5.41, 5.74) is 4.57. The molecule has 2 aromatic heterocycles. The highest BCUT2D eigenvalue weighted by molar-refractivity contribution is 5.85. The number of benzene rings is 2. The van der Waals surface area contributed by atoms with Crippen LogP contribution in [-0.4, -0.2) is 34.4 Å². The number of nitrogens with one attached hydrogen (secondary N) is 1. The fourth-order valence-corrected chi connectivity index (χ4v) is 4.75. The first-order valence-electron chi connectivity index (χ1n) is 11.6. The van der Waals surface area contributed by atoms with Gasteiger partial charge in [-0.3, -0.25) is 4.79 Å². The molecule has 0 bridgehead atoms. The molecule has 5 nitrogen and oxygen atoms in total. The van der Waals surface area contributed by atoms with E-state index in [0.29, 0.717) is 0 Å². The molecule has 5 rings (SSSR count). The molecule has 0 spiro atoms. The van der Waals surface area contributed by atoms with Crippen molar-refractivity contribution in [2.75, 3.05) is 18.0 Å². The maximum Gasteiger partial charge on any atom is 0.223 e. The minimum absolute atomic E-state index is 0.0775. The van der Waals surface area contributed by atoms with Gasteiger partial charge in [0.25, 0.3) is 0 Å². The van der Waals surface area contributed by atoms with Crippen LogP contribution >= 0.6 is 0 Å². The van der Waals surface area contributed by atoms with E-state index in [4.69, 9.17) is 4.98 Å². The van der Waals surface area contributed by atoms with Crippen molar-refractivity contribution in [3.8, 4) is 0 Å². The standard InChI is InChI=1S/C27H30N4O/c1-20(13-14-21-8-3-2-4-9-21)28-27(32)22-15-18-30(19-16-22)26-25-12-7-17-31(25)24-11-6-5-10-23(24)29-26/h2-12,17,20,22H,13-16,18-19H2,1H3,(H,28,32)/t20-/m1/s1. The van der Waals surface area contributed by atoms with Gasteiger partial charge in [-0.15, -0.1) is 0 Å². The number of carbonyl (C=O) groups excluding carboxylic acids is 1. The number of hydrogen-bond donors (Lipinski definition) is 1. The van der Waals surface area contributed by atoms with Crippen LogP contribution in [-0.2, 0) is 11.2 Å². The summed E-state index contributed by atoms with van der Waals surface area (Å²) >= 11 is 0. The number of amides is 1. The van der Waals surface area contributed by atoms with Crippen molar-refractivity contribution in [1.29, 1.82) is 0 Å². The molecule has 1 aliphatic heterocycles. The number of hydrogen-bond acceptors (Lipinski definition) is 3. The molecular weight excluding hydrogens is 396 g/mol. The number of rotatable bonds is 6. The zero-order chi connectivity index (χ0) is 21.9. The molecule has 1 amide bonds. The van der Waals surface area contributed by atoms with E-state index in [0.717, 1.165) is 61.1 Å². The number of piperidine rings is 1. The van der Waals surface area contributed by atoms with Crippen molar-refractivity contribution in [3.05, 3.63) is 78.5 Å². The first-order valence-corrected chi connectivity index (χ1v) is 11.6. The van der Waals surface area contributed by atoms with E-state index in [-0.39, 0.29) is 17.9 Å². The van der Waals surface area contributed by atoms with E-state index in [1.165, 1.54) is 5.56 Å². The second kappa shape index (κ2) is 9.03. The largest absolute Gasteiger partial charge is 0.355 e. The lowest BCUT2D eigenvalue weighted by Crippen LogP contribution is -2.43. The highest BCUT2D eigenvalue weighted by Crippen LogP contribution is 2.29. The monoisotopic (exact) mass is 426 g/mol. The van der Waals surface area contributed by atoms with Crippen LogP contribution < -0.4 is 10.2 Å². The molecule has 0 aliphatic carbocycles. The van der Waals surface area contributed by atoms with Crippen LogP contribution in [0.25, 0.3) is 16.6 Å². The average Bonchev–Trinajstić information content (AvgIpc) is 3.33. The van der Waals surface area contributed by atoms with Gasteiger partial charge in [-0.25, -0.2) is 4.98 Å². The first kappa shape index (κ1) is 20.6. The molecule has 4 aromatic rings. The van der Waals surface area contributed by atoms with Crippen molar-refractivity contribution >= 4 is 28.3 Å². The third kappa shape index (κ3) is 4.20. The summed E-state index contributed by atoms with van der Waals surface area (Å²) in [6.07, 6.45) is 5.76. The Morgan fingerprint density at radius 3 is 2.53 bits per heavy atom. The molecule has 3 heterocycles. The van der Waals surface area contributed by atoms with E-state index in [9.17, 15) is 4.79 Å². The van der Waals surface area contributed by atoms with Gasteiger partial charge in [0.2, 0.25) is 5.91 Å². The predicted octanol–water partition coefficient (Wildman–Crippen LogP) is 4.84. The van der Waals surface area contributed by atoms with Gasteiger partial charge in [0.05, 0.1) is 16.6 Å². The molecule has 1 saturated heterocycles. The number of fused-ring (bicyclic) bond motifs is 3. The van der Waals surface area contributed by atoms with Gasteiger partial charge in [-0.05, 0) is 62.4 Å². The summed E-state index contributed by atoms with van der Waals surface area (Å²) in [5.74, 6) is 1.29. The lowest BCUT2D eigenvalue weighted by atomic mass is 9.95. The van der Waals surface area contributed by atoms with Gasteiger partial charge >= 0.3 is 0 Å². The summed E-state index contributed by atoms with van der Waals surface area (Å²) in [7, 11) is 0. The summed E-state index contributed by atoms with van der Waals surface area (Å²) in [5, 5.41) is 3.25. The fraction of sp³-hybridized carbons (Fsp3) is 0.333. The Hall–Kier alpha value is -3.34. The minimum atomic E-state index is 0.0775. The van der Waals surface area contributed by atoms with Crippen LogP contribution in [0.4, 0.5) is 5.82 Å². The van der Waals surface area contributed by atoms with Crippen molar-refractivity contribution in [2.45, 2.75) is 38.6 Å². The topological polar surface area (TPSA) is 49.6 Å². The molecule has 0 unspecified atom stereocenters. The summed E-state index contributed by atoms with van der Waals surface area (Å²) < 4.78 is 2.21. The van der Waals surface area contributed by atoms with Gasteiger partial charge in [0, 0.05) is 31.2 Å². The Bertz CT molecular complexity index is 1210. The molecule has 1 fully saturated rings. The fourth-order valence-electron chi connectivity index (χ4n) is 4.75. The van der Waals surface area contributed by atoms with Crippen molar-refractivity contribution < 1.29 is 4.79 Å². The SMILES string of the molecule is C[C@H](CCc1ccccc1)NC(=O)C1CCN(c2nc3ccccc3n3cccc23)CC1. The second-order valence-corrected chi connectivity index (χ2v) is 8.88. The van der Waals surface area contributed by atoms with Crippen LogP contribution in [0.2, 0.25) is 0 Å².